The number of hydrogen-bond acceptors (Lipinski definition) is 4. The molecule has 7 nitrogen and oxygen atoms in total. The largest absolute Gasteiger partial charge is 0.352 e. The first-order valence-electron chi connectivity index (χ1n) is 13.9. The number of para-hydroxylation sites is 1. The summed E-state index contributed by atoms with van der Waals surface area (Å²) in [6.07, 6.45) is 8.32. The van der Waals surface area contributed by atoms with Crippen LogP contribution in [0.5, 0.6) is 0 Å². The minimum absolute atomic E-state index is 0.0847. The molecule has 1 atom stereocenters. The van der Waals surface area contributed by atoms with Crippen molar-refractivity contribution < 1.29 is 18.0 Å². The molecule has 8 heteroatoms. The summed E-state index contributed by atoms with van der Waals surface area (Å²) >= 11 is 0. The van der Waals surface area contributed by atoms with Crippen LogP contribution in [0.2, 0.25) is 0 Å². The summed E-state index contributed by atoms with van der Waals surface area (Å²) in [4.78, 5) is 28.6. The summed E-state index contributed by atoms with van der Waals surface area (Å²) in [5.41, 5.74) is 2.59. The fraction of sp³-hybridized carbons (Fsp3) is 0.533. The zero-order valence-corrected chi connectivity index (χ0v) is 23.9. The zero-order chi connectivity index (χ0) is 27.5. The molecule has 0 radical (unpaired) electrons. The van der Waals surface area contributed by atoms with E-state index in [9.17, 15) is 18.0 Å². The molecular formula is C30H43N3O4S. The smallest absolute Gasteiger partial charge is 0.243 e. The van der Waals surface area contributed by atoms with Gasteiger partial charge in [0.05, 0.1) is 11.9 Å². The van der Waals surface area contributed by atoms with Crippen molar-refractivity contribution in [3.63, 3.8) is 0 Å². The van der Waals surface area contributed by atoms with Crippen molar-refractivity contribution in [3.05, 3.63) is 65.7 Å². The Morgan fingerprint density at radius 1 is 0.974 bits per heavy atom. The lowest BCUT2D eigenvalue weighted by Crippen LogP contribution is -2.52. The van der Waals surface area contributed by atoms with Gasteiger partial charge in [-0.3, -0.25) is 13.9 Å². The van der Waals surface area contributed by atoms with Gasteiger partial charge in [-0.25, -0.2) is 8.42 Å². The molecule has 0 aromatic heterocycles. The Morgan fingerprint density at radius 2 is 1.63 bits per heavy atom. The van der Waals surface area contributed by atoms with Crippen molar-refractivity contribution in [2.75, 3.05) is 23.7 Å². The van der Waals surface area contributed by atoms with E-state index in [4.69, 9.17) is 0 Å². The Balaban J connectivity index is 1.72. The number of benzene rings is 2. The predicted octanol–water partition coefficient (Wildman–Crippen LogP) is 4.84. The van der Waals surface area contributed by atoms with Crippen LogP contribution in [0.4, 0.5) is 5.69 Å². The second-order valence-electron chi connectivity index (χ2n) is 10.3. The van der Waals surface area contributed by atoms with Crippen LogP contribution < -0.4 is 9.62 Å². The number of hydrogen-bond donors (Lipinski definition) is 1. The summed E-state index contributed by atoms with van der Waals surface area (Å²) in [6, 6.07) is 16.9. The maximum atomic E-state index is 13.6. The van der Waals surface area contributed by atoms with Crippen LogP contribution in [-0.2, 0) is 26.0 Å². The lowest BCUT2D eigenvalue weighted by atomic mass is 9.95. The van der Waals surface area contributed by atoms with Crippen LogP contribution in [-0.4, -0.2) is 56.6 Å². The molecule has 0 bridgehead atoms. The second kappa shape index (κ2) is 14.3. The zero-order valence-electron chi connectivity index (χ0n) is 23.1. The number of anilines is 1. The Labute approximate surface area is 228 Å². The highest BCUT2D eigenvalue weighted by Crippen LogP contribution is 2.23. The van der Waals surface area contributed by atoms with Crippen molar-refractivity contribution in [2.24, 2.45) is 0 Å². The molecular weight excluding hydrogens is 498 g/mol. The average Bonchev–Trinajstić information content (AvgIpc) is 2.90. The molecule has 1 saturated carbocycles. The maximum absolute atomic E-state index is 13.6. The first-order valence-corrected chi connectivity index (χ1v) is 15.7. The molecule has 2 aromatic carbocycles. The first kappa shape index (κ1) is 29.7. The standard InChI is InChI=1S/C30H43N3O4S/c1-4-27(30(35)31-26-17-9-6-10-18-26)32(23-21-25-15-7-5-8-16-25)29(34)20-13-22-33(38(3,36)37)28-19-12-11-14-24(28)2/h5,7-8,11-12,14-16,19,26-27H,4,6,9-10,13,17-18,20-23H2,1-3H3,(H,31,35)/t27-/m1/s1. The van der Waals surface area contributed by atoms with Crippen LogP contribution in [0.15, 0.2) is 54.6 Å². The number of sulfonamides is 1. The molecule has 0 saturated heterocycles. The van der Waals surface area contributed by atoms with Crippen molar-refractivity contribution >= 4 is 27.5 Å². The van der Waals surface area contributed by atoms with E-state index in [-0.39, 0.29) is 30.8 Å². The number of carbonyl (C=O) groups is 2. The van der Waals surface area contributed by atoms with E-state index < -0.39 is 16.1 Å². The fourth-order valence-corrected chi connectivity index (χ4v) is 6.29. The quantitative estimate of drug-likeness (QED) is 0.393. The van der Waals surface area contributed by atoms with Gasteiger partial charge in [-0.2, -0.15) is 0 Å². The average molecular weight is 542 g/mol. The lowest BCUT2D eigenvalue weighted by Gasteiger charge is -2.33. The molecule has 38 heavy (non-hydrogen) atoms. The van der Waals surface area contributed by atoms with Crippen LogP contribution in [0.3, 0.4) is 0 Å². The summed E-state index contributed by atoms with van der Waals surface area (Å²) < 4.78 is 26.5. The molecule has 3 rings (SSSR count). The van der Waals surface area contributed by atoms with Gasteiger partial charge in [0, 0.05) is 25.6 Å². The van der Waals surface area contributed by atoms with Gasteiger partial charge in [-0.1, -0.05) is 74.7 Å². The molecule has 1 aliphatic rings. The van der Waals surface area contributed by atoms with E-state index in [0.29, 0.717) is 31.5 Å². The molecule has 1 N–H and O–H groups in total. The number of carbonyl (C=O) groups excluding carboxylic acids is 2. The Hall–Kier alpha value is -2.87. The second-order valence-corrected chi connectivity index (χ2v) is 12.2. The van der Waals surface area contributed by atoms with Crippen LogP contribution in [0.25, 0.3) is 0 Å². The van der Waals surface area contributed by atoms with Gasteiger partial charge in [0.2, 0.25) is 21.8 Å². The highest BCUT2D eigenvalue weighted by molar-refractivity contribution is 7.92. The van der Waals surface area contributed by atoms with Gasteiger partial charge in [0.1, 0.15) is 6.04 Å². The monoisotopic (exact) mass is 541 g/mol. The normalized spacial score (nSPS) is 15.0. The molecule has 0 heterocycles. The highest BCUT2D eigenvalue weighted by Gasteiger charge is 2.30. The van der Waals surface area contributed by atoms with Gasteiger partial charge < -0.3 is 10.2 Å². The minimum Gasteiger partial charge on any atom is -0.352 e. The Kier molecular flexibility index (Phi) is 11.2. The van der Waals surface area contributed by atoms with Gasteiger partial charge in [0.15, 0.2) is 0 Å². The van der Waals surface area contributed by atoms with Crippen LogP contribution >= 0.6 is 0 Å². The first-order chi connectivity index (χ1) is 18.2. The maximum Gasteiger partial charge on any atom is 0.243 e. The van der Waals surface area contributed by atoms with E-state index in [1.165, 1.54) is 17.0 Å². The molecule has 2 aromatic rings. The molecule has 1 fully saturated rings. The van der Waals surface area contributed by atoms with Crippen molar-refractivity contribution in [2.45, 2.75) is 83.7 Å². The van der Waals surface area contributed by atoms with Crippen molar-refractivity contribution in [3.8, 4) is 0 Å². The third kappa shape index (κ3) is 8.58. The summed E-state index contributed by atoms with van der Waals surface area (Å²) in [5.74, 6) is -0.205. The summed E-state index contributed by atoms with van der Waals surface area (Å²) in [5, 5.41) is 3.20. The number of amides is 2. The summed E-state index contributed by atoms with van der Waals surface area (Å²) in [6.45, 7) is 4.46. The van der Waals surface area contributed by atoms with Crippen molar-refractivity contribution in [1.82, 2.24) is 10.2 Å². The third-order valence-corrected chi connectivity index (χ3v) is 8.54. The molecule has 1 aliphatic carbocycles. The Bertz CT molecular complexity index is 1150. The van der Waals surface area contributed by atoms with Gasteiger partial charge in [-0.15, -0.1) is 0 Å². The molecule has 0 aliphatic heterocycles. The van der Waals surface area contributed by atoms with Crippen molar-refractivity contribution in [1.29, 1.82) is 0 Å². The lowest BCUT2D eigenvalue weighted by molar-refractivity contribution is -0.141. The SMILES string of the molecule is CC[C@H](C(=O)NC1CCCCC1)N(CCc1ccccc1)C(=O)CCCN(c1ccccc1C)S(C)(=O)=O. The van der Waals surface area contributed by atoms with E-state index >= 15 is 0 Å². The number of rotatable bonds is 13. The predicted molar refractivity (Wildman–Crippen MR) is 154 cm³/mol. The molecule has 0 spiro atoms. The number of aryl methyl sites for hydroxylation is 1. The van der Waals surface area contributed by atoms with Gasteiger partial charge in [0.25, 0.3) is 0 Å². The topological polar surface area (TPSA) is 86.8 Å². The molecule has 0 unspecified atom stereocenters. The third-order valence-electron chi connectivity index (χ3n) is 7.36. The van der Waals surface area contributed by atoms with E-state index in [1.807, 2.05) is 62.4 Å². The van der Waals surface area contributed by atoms with Gasteiger partial charge in [-0.05, 0) is 56.2 Å². The summed E-state index contributed by atoms with van der Waals surface area (Å²) in [7, 11) is -3.51. The van der Waals surface area contributed by atoms with Crippen LogP contribution in [0, 0.1) is 6.92 Å². The van der Waals surface area contributed by atoms with E-state index in [2.05, 4.69) is 5.32 Å². The number of nitrogens with zero attached hydrogens (tertiary/aromatic N) is 2. The van der Waals surface area contributed by atoms with Crippen LogP contribution in [0.1, 0.15) is 69.4 Å². The van der Waals surface area contributed by atoms with Gasteiger partial charge >= 0.3 is 0 Å². The van der Waals surface area contributed by atoms with E-state index in [0.717, 1.165) is 36.8 Å². The Morgan fingerprint density at radius 3 is 2.26 bits per heavy atom. The number of nitrogens with one attached hydrogen (secondary N) is 1. The molecule has 208 valence electrons. The fourth-order valence-electron chi connectivity index (χ4n) is 5.27. The van der Waals surface area contributed by atoms with E-state index in [1.54, 1.807) is 11.0 Å². The minimum atomic E-state index is -3.51. The molecule has 2 amide bonds. The highest BCUT2D eigenvalue weighted by atomic mass is 32.2.